The van der Waals surface area contributed by atoms with Crippen LogP contribution in [-0.4, -0.2) is 73.9 Å². The van der Waals surface area contributed by atoms with Crippen molar-refractivity contribution < 1.29 is 22.7 Å². The smallest absolute Gasteiger partial charge is 0.285 e. The monoisotopic (exact) mass is 693 g/mol. The molecule has 1 aliphatic heterocycles. The molecule has 1 N–H and O–H groups in total. The quantitative estimate of drug-likeness (QED) is 0.229. The van der Waals surface area contributed by atoms with Crippen molar-refractivity contribution in [3.05, 3.63) is 84.1 Å². The third kappa shape index (κ3) is 6.43. The lowest BCUT2D eigenvalue weighted by atomic mass is 9.50. The molecule has 4 aromatic rings. The molecule has 1 saturated heterocycles. The fourth-order valence-electron chi connectivity index (χ4n) is 9.68. The summed E-state index contributed by atoms with van der Waals surface area (Å²) in [5, 5.41) is 10.3. The van der Waals surface area contributed by atoms with Crippen LogP contribution in [0.2, 0.25) is 0 Å². The molecule has 9 rings (SSSR count). The molecule has 0 atom stereocenters. The number of anilines is 1. The maximum atomic E-state index is 13.8. The van der Waals surface area contributed by atoms with Gasteiger partial charge in [0.1, 0.15) is 5.75 Å². The summed E-state index contributed by atoms with van der Waals surface area (Å²) in [6, 6.07) is 23.1. The van der Waals surface area contributed by atoms with Crippen LogP contribution < -0.4 is 14.4 Å². The van der Waals surface area contributed by atoms with Crippen LogP contribution in [0.25, 0.3) is 21.9 Å². The zero-order chi connectivity index (χ0) is 34.5. The third-order valence-electron chi connectivity index (χ3n) is 11.3. The minimum atomic E-state index is -3.81. The fraction of sp³-hybridized carbons (Fsp3) is 0.436. The van der Waals surface area contributed by atoms with Crippen molar-refractivity contribution >= 4 is 38.4 Å². The standard InChI is InChI=1S/C39H43N5O5S/c1-2-49-30-7-5-6-29(21-30)31-10-11-34(33-9-4-3-8-32(31)33)38(46)44-16-14-43(15-17-44)36-13-12-35(40-41-36)37(45)42-50(47,48)25-39-22-26-18-27(23-39)20-28(19-26)24-39/h3-13,21,26-28H,2,14-20,22-25H2,1H3,(H,42,45). The Balaban J connectivity index is 0.898. The number of ether oxygens (including phenoxy) is 1. The molecule has 4 aliphatic carbocycles. The molecule has 11 heteroatoms. The van der Waals surface area contributed by atoms with Crippen LogP contribution in [0.3, 0.4) is 0 Å². The Labute approximate surface area is 293 Å². The lowest BCUT2D eigenvalue weighted by Gasteiger charge is -2.56. The number of sulfonamides is 1. The van der Waals surface area contributed by atoms with E-state index < -0.39 is 15.9 Å². The van der Waals surface area contributed by atoms with Gasteiger partial charge in [-0.2, -0.15) is 0 Å². The van der Waals surface area contributed by atoms with Crippen LogP contribution in [0.5, 0.6) is 5.75 Å². The van der Waals surface area contributed by atoms with E-state index in [1.165, 1.54) is 25.3 Å². The second-order valence-electron chi connectivity index (χ2n) is 14.8. The van der Waals surface area contributed by atoms with Crippen molar-refractivity contribution in [1.29, 1.82) is 0 Å². The van der Waals surface area contributed by atoms with Crippen LogP contribution in [0.1, 0.15) is 66.3 Å². The number of rotatable bonds is 9. The number of hydrogen-bond donors (Lipinski definition) is 1. The zero-order valence-electron chi connectivity index (χ0n) is 28.4. The second kappa shape index (κ2) is 13.0. The Morgan fingerprint density at radius 1 is 0.840 bits per heavy atom. The van der Waals surface area contributed by atoms with Gasteiger partial charge in [-0.1, -0.05) is 42.5 Å². The summed E-state index contributed by atoms with van der Waals surface area (Å²) in [6.07, 6.45) is 6.55. The Hall–Kier alpha value is -4.51. The summed E-state index contributed by atoms with van der Waals surface area (Å²) in [6.45, 7) is 4.65. The first-order chi connectivity index (χ1) is 24.2. The number of carbonyl (C=O) groups excluding carboxylic acids is 2. The molecular weight excluding hydrogens is 651 g/mol. The summed E-state index contributed by atoms with van der Waals surface area (Å²) in [7, 11) is -3.81. The van der Waals surface area contributed by atoms with E-state index in [4.69, 9.17) is 4.74 Å². The number of benzene rings is 3. The van der Waals surface area contributed by atoms with E-state index in [2.05, 4.69) is 21.0 Å². The van der Waals surface area contributed by atoms with Crippen molar-refractivity contribution in [2.24, 2.45) is 23.2 Å². The molecule has 2 heterocycles. The van der Waals surface area contributed by atoms with Crippen LogP contribution >= 0.6 is 0 Å². The normalized spacial score (nSPS) is 24.4. The molecule has 5 fully saturated rings. The lowest BCUT2D eigenvalue weighted by molar-refractivity contribution is -0.0391. The molecule has 2 amide bonds. The molecule has 1 aromatic heterocycles. The SMILES string of the molecule is CCOc1cccc(-c2ccc(C(=O)N3CCN(c4ccc(C(=O)NS(=O)(=O)CC56CC7CC(CC(C7)C5)C6)nn4)CC3)c3ccccc23)c1. The molecule has 5 aliphatic rings. The predicted octanol–water partition coefficient (Wildman–Crippen LogP) is 5.93. The van der Waals surface area contributed by atoms with Gasteiger partial charge in [-0.15, -0.1) is 10.2 Å². The van der Waals surface area contributed by atoms with E-state index in [0.717, 1.165) is 46.9 Å². The maximum absolute atomic E-state index is 13.8. The molecule has 0 radical (unpaired) electrons. The Bertz CT molecular complexity index is 2010. The largest absolute Gasteiger partial charge is 0.494 e. The van der Waals surface area contributed by atoms with Crippen molar-refractivity contribution in [2.75, 3.05) is 43.4 Å². The zero-order valence-corrected chi connectivity index (χ0v) is 29.2. The summed E-state index contributed by atoms with van der Waals surface area (Å²) in [4.78, 5) is 30.7. The Morgan fingerprint density at radius 3 is 2.20 bits per heavy atom. The van der Waals surface area contributed by atoms with Gasteiger partial charge in [0.25, 0.3) is 11.8 Å². The average Bonchev–Trinajstić information content (AvgIpc) is 3.10. The molecule has 50 heavy (non-hydrogen) atoms. The van der Waals surface area contributed by atoms with E-state index >= 15 is 0 Å². The molecule has 4 saturated carbocycles. The number of carbonyl (C=O) groups is 2. The van der Waals surface area contributed by atoms with Crippen LogP contribution in [0.4, 0.5) is 5.82 Å². The van der Waals surface area contributed by atoms with Crippen molar-refractivity contribution in [2.45, 2.75) is 45.4 Å². The highest BCUT2D eigenvalue weighted by molar-refractivity contribution is 7.90. The third-order valence-corrected chi connectivity index (χ3v) is 12.8. The number of piperazine rings is 1. The predicted molar refractivity (Wildman–Crippen MR) is 193 cm³/mol. The van der Waals surface area contributed by atoms with E-state index in [1.54, 1.807) is 6.07 Å². The van der Waals surface area contributed by atoms with Crippen LogP contribution in [0.15, 0.2) is 72.8 Å². The molecule has 0 spiro atoms. The first-order valence-corrected chi connectivity index (χ1v) is 19.5. The lowest BCUT2D eigenvalue weighted by Crippen LogP contribution is -2.51. The van der Waals surface area contributed by atoms with E-state index in [-0.39, 0.29) is 22.8 Å². The highest BCUT2D eigenvalue weighted by atomic mass is 32.2. The van der Waals surface area contributed by atoms with Gasteiger partial charge in [0, 0.05) is 31.7 Å². The number of nitrogens with zero attached hydrogens (tertiary/aromatic N) is 4. The van der Waals surface area contributed by atoms with E-state index in [1.807, 2.05) is 71.3 Å². The summed E-state index contributed by atoms with van der Waals surface area (Å²) in [5.41, 5.74) is 2.50. The average molecular weight is 694 g/mol. The van der Waals surface area contributed by atoms with Gasteiger partial charge in [0.15, 0.2) is 11.5 Å². The molecule has 260 valence electrons. The van der Waals surface area contributed by atoms with Gasteiger partial charge < -0.3 is 14.5 Å². The number of nitrogens with one attached hydrogen (secondary N) is 1. The van der Waals surface area contributed by atoms with E-state index in [9.17, 15) is 18.0 Å². The van der Waals surface area contributed by atoms with Gasteiger partial charge in [0.05, 0.1) is 12.4 Å². The highest BCUT2D eigenvalue weighted by Crippen LogP contribution is 2.60. The molecule has 4 bridgehead atoms. The Kier molecular flexibility index (Phi) is 8.49. The maximum Gasteiger partial charge on any atom is 0.285 e. The molecule has 3 aromatic carbocycles. The Morgan fingerprint density at radius 2 is 1.54 bits per heavy atom. The fourth-order valence-corrected chi connectivity index (χ4v) is 11.3. The number of aromatic nitrogens is 2. The highest BCUT2D eigenvalue weighted by Gasteiger charge is 2.52. The minimum Gasteiger partial charge on any atom is -0.494 e. The van der Waals surface area contributed by atoms with Crippen molar-refractivity contribution in [3.63, 3.8) is 0 Å². The first-order valence-electron chi connectivity index (χ1n) is 17.9. The molecule has 10 nitrogen and oxygen atoms in total. The van der Waals surface area contributed by atoms with Crippen LogP contribution in [0, 0.1) is 23.2 Å². The molecule has 0 unspecified atom stereocenters. The van der Waals surface area contributed by atoms with Gasteiger partial charge in [-0.05, 0) is 121 Å². The summed E-state index contributed by atoms with van der Waals surface area (Å²) < 4.78 is 34.3. The summed E-state index contributed by atoms with van der Waals surface area (Å²) >= 11 is 0. The van der Waals surface area contributed by atoms with Crippen molar-refractivity contribution in [1.82, 2.24) is 19.8 Å². The van der Waals surface area contributed by atoms with Gasteiger partial charge >= 0.3 is 0 Å². The van der Waals surface area contributed by atoms with E-state index in [0.29, 0.717) is 61.9 Å². The minimum absolute atomic E-state index is 0.00598. The second-order valence-corrected chi connectivity index (χ2v) is 16.6. The topological polar surface area (TPSA) is 122 Å². The van der Waals surface area contributed by atoms with Crippen LogP contribution in [-0.2, 0) is 10.0 Å². The number of hydrogen-bond acceptors (Lipinski definition) is 8. The summed E-state index contributed by atoms with van der Waals surface area (Å²) in [5.74, 6) is 2.52. The number of fused-ring (bicyclic) bond motifs is 1. The van der Waals surface area contributed by atoms with Gasteiger partial charge in [-0.25, -0.2) is 13.1 Å². The van der Waals surface area contributed by atoms with Gasteiger partial charge in [0.2, 0.25) is 10.0 Å². The number of amides is 2. The van der Waals surface area contributed by atoms with Gasteiger partial charge in [-0.3, -0.25) is 9.59 Å². The first kappa shape index (κ1) is 32.7. The van der Waals surface area contributed by atoms with Crippen molar-refractivity contribution in [3.8, 4) is 16.9 Å². The molecular formula is C39H43N5O5S.